The van der Waals surface area contributed by atoms with E-state index in [1.165, 1.54) is 0 Å². The number of carbonyl (C=O) groups is 2. The van der Waals surface area contributed by atoms with Crippen molar-refractivity contribution in [2.75, 3.05) is 19.9 Å². The molecular formula is C26H24N2O4. The Hall–Kier alpha value is -3.80. The zero-order valence-corrected chi connectivity index (χ0v) is 17.6. The lowest BCUT2D eigenvalue weighted by Gasteiger charge is -2.32. The van der Waals surface area contributed by atoms with E-state index in [0.717, 1.165) is 24.0 Å². The number of fused-ring (bicyclic) bond motifs is 1. The van der Waals surface area contributed by atoms with Crippen LogP contribution in [-0.2, 0) is 0 Å². The third-order valence-electron chi connectivity index (χ3n) is 5.99. The van der Waals surface area contributed by atoms with Gasteiger partial charge in [0.1, 0.15) is 0 Å². The Kier molecular flexibility index (Phi) is 5.50. The summed E-state index contributed by atoms with van der Waals surface area (Å²) in [5.74, 6) is 1.15. The third kappa shape index (κ3) is 4.17. The van der Waals surface area contributed by atoms with Crippen LogP contribution in [0, 0.1) is 0 Å². The van der Waals surface area contributed by atoms with E-state index in [4.69, 9.17) is 9.47 Å². The summed E-state index contributed by atoms with van der Waals surface area (Å²) < 4.78 is 10.6. The van der Waals surface area contributed by atoms with Crippen LogP contribution >= 0.6 is 0 Å². The number of nitrogens with one attached hydrogen (secondary N) is 1. The Balaban J connectivity index is 1.16. The van der Waals surface area contributed by atoms with E-state index in [-0.39, 0.29) is 24.6 Å². The van der Waals surface area contributed by atoms with Gasteiger partial charge in [0.25, 0.3) is 11.8 Å². The largest absolute Gasteiger partial charge is 0.454 e. The molecule has 5 rings (SSSR count). The normalized spacial score (nSPS) is 15.4. The molecule has 1 fully saturated rings. The van der Waals surface area contributed by atoms with Gasteiger partial charge in [0, 0.05) is 30.3 Å². The molecular weight excluding hydrogens is 404 g/mol. The molecule has 0 unspecified atom stereocenters. The number of benzene rings is 3. The molecule has 2 heterocycles. The van der Waals surface area contributed by atoms with Crippen LogP contribution < -0.4 is 14.8 Å². The van der Waals surface area contributed by atoms with Gasteiger partial charge < -0.3 is 19.7 Å². The second-order valence-corrected chi connectivity index (χ2v) is 8.05. The monoisotopic (exact) mass is 428 g/mol. The molecule has 3 aromatic rings. The number of ether oxygens (including phenoxy) is 2. The first kappa shape index (κ1) is 20.1. The highest BCUT2D eigenvalue weighted by Crippen LogP contribution is 2.32. The molecule has 0 saturated carbocycles. The molecule has 3 aromatic carbocycles. The minimum absolute atomic E-state index is 0.0326. The van der Waals surface area contributed by atoms with E-state index >= 15 is 0 Å². The lowest BCUT2D eigenvalue weighted by Crippen LogP contribution is -2.46. The van der Waals surface area contributed by atoms with Crippen LogP contribution in [0.1, 0.15) is 33.6 Å². The Labute approximate surface area is 186 Å². The van der Waals surface area contributed by atoms with Gasteiger partial charge in [-0.15, -0.1) is 0 Å². The maximum Gasteiger partial charge on any atom is 0.253 e. The van der Waals surface area contributed by atoms with Crippen molar-refractivity contribution in [3.05, 3.63) is 83.9 Å². The smallest absolute Gasteiger partial charge is 0.253 e. The molecule has 0 spiro atoms. The van der Waals surface area contributed by atoms with Gasteiger partial charge in [-0.3, -0.25) is 9.59 Å². The first-order chi connectivity index (χ1) is 15.7. The van der Waals surface area contributed by atoms with Crippen molar-refractivity contribution in [3.8, 4) is 22.6 Å². The predicted molar refractivity (Wildman–Crippen MR) is 121 cm³/mol. The molecule has 0 radical (unpaired) electrons. The minimum Gasteiger partial charge on any atom is -0.454 e. The number of carbonyl (C=O) groups excluding carboxylic acids is 2. The Morgan fingerprint density at radius 3 is 2.19 bits per heavy atom. The van der Waals surface area contributed by atoms with Crippen LogP contribution in [0.5, 0.6) is 11.5 Å². The van der Waals surface area contributed by atoms with Crippen molar-refractivity contribution in [1.29, 1.82) is 0 Å². The maximum absolute atomic E-state index is 12.9. The van der Waals surface area contributed by atoms with Gasteiger partial charge in [0.15, 0.2) is 11.5 Å². The highest BCUT2D eigenvalue weighted by molar-refractivity contribution is 5.96. The second kappa shape index (κ2) is 8.75. The standard InChI is InChI=1S/C26H24N2O4/c29-25(21-10-11-23-24(16-21)32-17-31-23)27-22-12-14-28(15-13-22)26(30)20-8-6-19(7-9-20)18-4-2-1-3-5-18/h1-11,16,22H,12-15,17H2,(H,27,29). The summed E-state index contributed by atoms with van der Waals surface area (Å²) >= 11 is 0. The summed E-state index contributed by atoms with van der Waals surface area (Å²) in [6.45, 7) is 1.42. The Morgan fingerprint density at radius 2 is 1.44 bits per heavy atom. The Morgan fingerprint density at radius 1 is 0.781 bits per heavy atom. The molecule has 0 aliphatic carbocycles. The lowest BCUT2D eigenvalue weighted by molar-refractivity contribution is 0.0698. The maximum atomic E-state index is 12.9. The summed E-state index contributed by atoms with van der Waals surface area (Å²) in [6.07, 6.45) is 1.45. The number of hydrogen-bond acceptors (Lipinski definition) is 4. The summed E-state index contributed by atoms with van der Waals surface area (Å²) in [7, 11) is 0. The molecule has 2 amide bonds. The van der Waals surface area contributed by atoms with Crippen LogP contribution in [0.4, 0.5) is 0 Å². The van der Waals surface area contributed by atoms with Gasteiger partial charge in [-0.1, -0.05) is 42.5 Å². The highest BCUT2D eigenvalue weighted by Gasteiger charge is 2.25. The average Bonchev–Trinajstić information content (AvgIpc) is 3.33. The molecule has 0 atom stereocenters. The number of piperidine rings is 1. The number of rotatable bonds is 4. The van der Waals surface area contributed by atoms with Crippen molar-refractivity contribution in [1.82, 2.24) is 10.2 Å². The van der Waals surface area contributed by atoms with Crippen LogP contribution in [0.15, 0.2) is 72.8 Å². The van der Waals surface area contributed by atoms with Crippen molar-refractivity contribution >= 4 is 11.8 Å². The number of hydrogen-bond donors (Lipinski definition) is 1. The Bertz CT molecular complexity index is 1120. The molecule has 162 valence electrons. The fourth-order valence-corrected chi connectivity index (χ4v) is 4.15. The van der Waals surface area contributed by atoms with E-state index in [1.54, 1.807) is 18.2 Å². The van der Waals surface area contributed by atoms with Crippen LogP contribution in [-0.4, -0.2) is 42.6 Å². The van der Waals surface area contributed by atoms with Gasteiger partial charge in [0.05, 0.1) is 0 Å². The van der Waals surface area contributed by atoms with E-state index in [1.807, 2.05) is 47.4 Å². The number of nitrogens with zero attached hydrogens (tertiary/aromatic N) is 1. The van der Waals surface area contributed by atoms with Gasteiger partial charge in [0.2, 0.25) is 6.79 Å². The summed E-state index contributed by atoms with van der Waals surface area (Å²) in [5.41, 5.74) is 3.45. The summed E-state index contributed by atoms with van der Waals surface area (Å²) in [5, 5.41) is 3.08. The molecule has 2 aliphatic rings. The molecule has 0 bridgehead atoms. The summed E-state index contributed by atoms with van der Waals surface area (Å²) in [4.78, 5) is 27.4. The highest BCUT2D eigenvalue weighted by atomic mass is 16.7. The van der Waals surface area contributed by atoms with Crippen molar-refractivity contribution < 1.29 is 19.1 Å². The lowest BCUT2D eigenvalue weighted by atomic mass is 10.0. The van der Waals surface area contributed by atoms with E-state index in [9.17, 15) is 9.59 Å². The van der Waals surface area contributed by atoms with Crippen LogP contribution in [0.2, 0.25) is 0 Å². The van der Waals surface area contributed by atoms with Crippen LogP contribution in [0.3, 0.4) is 0 Å². The third-order valence-corrected chi connectivity index (χ3v) is 5.99. The summed E-state index contributed by atoms with van der Waals surface area (Å²) in [6, 6.07) is 23.1. The molecule has 2 aliphatic heterocycles. The van der Waals surface area contributed by atoms with Gasteiger partial charge >= 0.3 is 0 Å². The minimum atomic E-state index is -0.135. The van der Waals surface area contributed by atoms with Crippen molar-refractivity contribution in [2.24, 2.45) is 0 Å². The first-order valence-corrected chi connectivity index (χ1v) is 10.8. The molecule has 6 nitrogen and oxygen atoms in total. The zero-order valence-electron chi connectivity index (χ0n) is 17.6. The van der Waals surface area contributed by atoms with Crippen molar-refractivity contribution in [2.45, 2.75) is 18.9 Å². The molecule has 1 N–H and O–H groups in total. The average molecular weight is 428 g/mol. The topological polar surface area (TPSA) is 67.9 Å². The van der Waals surface area contributed by atoms with Crippen molar-refractivity contribution in [3.63, 3.8) is 0 Å². The van der Waals surface area contributed by atoms with Gasteiger partial charge in [-0.05, 0) is 54.3 Å². The second-order valence-electron chi connectivity index (χ2n) is 8.05. The number of likely N-dealkylation sites (tertiary alicyclic amines) is 1. The first-order valence-electron chi connectivity index (χ1n) is 10.8. The van der Waals surface area contributed by atoms with Gasteiger partial charge in [-0.25, -0.2) is 0 Å². The van der Waals surface area contributed by atoms with Gasteiger partial charge in [-0.2, -0.15) is 0 Å². The van der Waals surface area contributed by atoms with E-state index < -0.39 is 0 Å². The number of amides is 2. The predicted octanol–water partition coefficient (Wildman–Crippen LogP) is 4.12. The molecule has 0 aromatic heterocycles. The SMILES string of the molecule is O=C(NC1CCN(C(=O)c2ccc(-c3ccccc3)cc2)CC1)c1ccc2c(c1)OCO2. The van der Waals surface area contributed by atoms with E-state index in [0.29, 0.717) is 35.7 Å². The fraction of sp³-hybridized carbons (Fsp3) is 0.231. The quantitative estimate of drug-likeness (QED) is 0.679. The molecule has 32 heavy (non-hydrogen) atoms. The van der Waals surface area contributed by atoms with Crippen LogP contribution in [0.25, 0.3) is 11.1 Å². The molecule has 1 saturated heterocycles. The zero-order chi connectivity index (χ0) is 21.9. The fourth-order valence-electron chi connectivity index (χ4n) is 4.15. The molecule has 6 heteroatoms. The van der Waals surface area contributed by atoms with E-state index in [2.05, 4.69) is 17.4 Å².